The Hall–Kier alpha value is -2.82. The summed E-state index contributed by atoms with van der Waals surface area (Å²) in [6.07, 6.45) is 1.07. The Morgan fingerprint density at radius 3 is 2.25 bits per heavy atom. The maximum atomic E-state index is 11.9. The van der Waals surface area contributed by atoms with Crippen molar-refractivity contribution in [1.29, 1.82) is 0 Å². The van der Waals surface area contributed by atoms with Gasteiger partial charge in [-0.3, -0.25) is 4.79 Å². The van der Waals surface area contributed by atoms with E-state index in [0.29, 0.717) is 17.4 Å². The molecule has 1 N–H and O–H groups in total. The lowest BCUT2D eigenvalue weighted by atomic mass is 9.99. The van der Waals surface area contributed by atoms with Crippen LogP contribution in [-0.4, -0.2) is 18.5 Å². The average molecular weight is 326 g/mol. The van der Waals surface area contributed by atoms with Gasteiger partial charge < -0.3 is 20.0 Å². The SMILES string of the molecule is CC[C@@H](C)c1ccc(OCC(=O)Nc2ccc(C(=O)[O-])cc2)cc1. The van der Waals surface area contributed by atoms with Crippen molar-refractivity contribution in [2.75, 3.05) is 11.9 Å². The fourth-order valence-corrected chi connectivity index (χ4v) is 2.16. The lowest BCUT2D eigenvalue weighted by molar-refractivity contribution is -0.255. The van der Waals surface area contributed by atoms with Crippen LogP contribution in [0.2, 0.25) is 0 Å². The maximum absolute atomic E-state index is 11.9. The second-order valence-electron chi connectivity index (χ2n) is 5.58. The van der Waals surface area contributed by atoms with Crippen LogP contribution in [0.3, 0.4) is 0 Å². The van der Waals surface area contributed by atoms with Crippen LogP contribution >= 0.6 is 0 Å². The first-order chi connectivity index (χ1) is 11.5. The number of ether oxygens (including phenoxy) is 1. The Labute approximate surface area is 141 Å². The quantitative estimate of drug-likeness (QED) is 0.848. The van der Waals surface area contributed by atoms with Gasteiger partial charge in [-0.2, -0.15) is 0 Å². The van der Waals surface area contributed by atoms with Crippen molar-refractivity contribution in [2.24, 2.45) is 0 Å². The molecule has 1 amide bonds. The Morgan fingerprint density at radius 2 is 1.71 bits per heavy atom. The second kappa shape index (κ2) is 8.15. The minimum Gasteiger partial charge on any atom is -0.545 e. The molecule has 2 aromatic carbocycles. The molecule has 126 valence electrons. The number of carbonyl (C=O) groups is 2. The van der Waals surface area contributed by atoms with Gasteiger partial charge in [0.15, 0.2) is 6.61 Å². The molecule has 5 heteroatoms. The van der Waals surface area contributed by atoms with Crippen LogP contribution in [0.5, 0.6) is 5.75 Å². The summed E-state index contributed by atoms with van der Waals surface area (Å²) in [7, 11) is 0. The van der Waals surface area contributed by atoms with Gasteiger partial charge in [0.05, 0.1) is 5.97 Å². The van der Waals surface area contributed by atoms with E-state index in [0.717, 1.165) is 6.42 Å². The number of hydrogen-bond acceptors (Lipinski definition) is 4. The van der Waals surface area contributed by atoms with Gasteiger partial charge in [-0.05, 0) is 47.7 Å². The number of carboxylic acids is 1. The van der Waals surface area contributed by atoms with Crippen LogP contribution < -0.4 is 15.2 Å². The molecule has 0 bridgehead atoms. The number of hydrogen-bond donors (Lipinski definition) is 1. The summed E-state index contributed by atoms with van der Waals surface area (Å²) in [6.45, 7) is 4.18. The second-order valence-corrected chi connectivity index (χ2v) is 5.58. The number of nitrogens with one attached hydrogen (secondary N) is 1. The number of amides is 1. The molecular formula is C19H20NO4-. The fourth-order valence-electron chi connectivity index (χ4n) is 2.16. The first kappa shape index (κ1) is 17.5. The van der Waals surface area contributed by atoms with Gasteiger partial charge in [0.2, 0.25) is 0 Å². The van der Waals surface area contributed by atoms with Crippen LogP contribution in [0, 0.1) is 0 Å². The van der Waals surface area contributed by atoms with Gasteiger partial charge in [0.25, 0.3) is 5.91 Å². The molecule has 2 aromatic rings. The van der Waals surface area contributed by atoms with Crippen LogP contribution in [0.15, 0.2) is 48.5 Å². The van der Waals surface area contributed by atoms with E-state index in [1.165, 1.54) is 29.8 Å². The third kappa shape index (κ3) is 4.84. The van der Waals surface area contributed by atoms with Gasteiger partial charge in [-0.15, -0.1) is 0 Å². The van der Waals surface area contributed by atoms with Crippen LogP contribution in [0.25, 0.3) is 0 Å². The third-order valence-electron chi connectivity index (χ3n) is 3.84. The molecule has 1 atom stereocenters. The summed E-state index contributed by atoms with van der Waals surface area (Å²) >= 11 is 0. The Bertz CT molecular complexity index is 692. The van der Waals surface area contributed by atoms with Gasteiger partial charge in [-0.1, -0.05) is 38.1 Å². The van der Waals surface area contributed by atoms with E-state index in [1.54, 1.807) is 0 Å². The number of carbonyl (C=O) groups excluding carboxylic acids is 2. The number of rotatable bonds is 7. The van der Waals surface area contributed by atoms with Crippen LogP contribution in [0.1, 0.15) is 42.1 Å². The predicted octanol–water partition coefficient (Wildman–Crippen LogP) is 2.58. The first-order valence-corrected chi connectivity index (χ1v) is 7.83. The van der Waals surface area contributed by atoms with Crippen molar-refractivity contribution in [3.8, 4) is 5.75 Å². The highest BCUT2D eigenvalue weighted by molar-refractivity contribution is 5.93. The van der Waals surface area contributed by atoms with E-state index < -0.39 is 5.97 Å². The van der Waals surface area contributed by atoms with E-state index in [2.05, 4.69) is 19.2 Å². The molecule has 2 rings (SSSR count). The van der Waals surface area contributed by atoms with Gasteiger partial charge in [0.1, 0.15) is 5.75 Å². The highest BCUT2D eigenvalue weighted by Crippen LogP contribution is 2.21. The predicted molar refractivity (Wildman–Crippen MR) is 90.0 cm³/mol. The summed E-state index contributed by atoms with van der Waals surface area (Å²) in [5, 5.41) is 13.3. The van der Waals surface area contributed by atoms with E-state index in [-0.39, 0.29) is 18.1 Å². The number of benzene rings is 2. The zero-order valence-corrected chi connectivity index (χ0v) is 13.7. The molecule has 0 fully saturated rings. The Balaban J connectivity index is 1.85. The van der Waals surface area contributed by atoms with E-state index in [9.17, 15) is 14.7 Å². The molecule has 0 aliphatic heterocycles. The Morgan fingerprint density at radius 1 is 1.08 bits per heavy atom. The largest absolute Gasteiger partial charge is 0.545 e. The zero-order valence-electron chi connectivity index (χ0n) is 13.7. The Kier molecular flexibility index (Phi) is 5.95. The molecule has 0 heterocycles. The summed E-state index contributed by atoms with van der Waals surface area (Å²) in [5.41, 5.74) is 1.80. The maximum Gasteiger partial charge on any atom is 0.262 e. The normalized spacial score (nSPS) is 11.6. The number of anilines is 1. The monoisotopic (exact) mass is 326 g/mol. The van der Waals surface area contributed by atoms with Crippen LogP contribution in [-0.2, 0) is 4.79 Å². The fraction of sp³-hybridized carbons (Fsp3) is 0.263. The molecule has 0 saturated heterocycles. The van der Waals surface area contributed by atoms with Gasteiger partial charge in [-0.25, -0.2) is 0 Å². The van der Waals surface area contributed by atoms with Crippen molar-refractivity contribution in [2.45, 2.75) is 26.2 Å². The molecular weight excluding hydrogens is 306 g/mol. The molecule has 0 unspecified atom stereocenters. The summed E-state index contributed by atoms with van der Waals surface area (Å²) in [4.78, 5) is 22.5. The summed E-state index contributed by atoms with van der Waals surface area (Å²) < 4.78 is 5.45. The minimum atomic E-state index is -1.25. The van der Waals surface area contributed by atoms with Crippen molar-refractivity contribution >= 4 is 17.6 Å². The molecule has 0 saturated carbocycles. The molecule has 0 aromatic heterocycles. The summed E-state index contributed by atoms with van der Waals surface area (Å²) in [5.74, 6) is -0.449. The third-order valence-corrected chi connectivity index (χ3v) is 3.84. The van der Waals surface area contributed by atoms with E-state index in [4.69, 9.17) is 4.74 Å². The number of carboxylic acid groups (broad SMARTS) is 1. The standard InChI is InChI=1S/C19H21NO4/c1-3-13(2)14-6-10-17(11-7-14)24-12-18(21)20-16-8-4-15(5-9-16)19(22)23/h4-11,13H,3,12H2,1-2H3,(H,20,21)(H,22,23)/p-1/t13-/m1/s1. The van der Waals surface area contributed by atoms with E-state index in [1.807, 2.05) is 24.3 Å². The van der Waals surface area contributed by atoms with Crippen LogP contribution in [0.4, 0.5) is 5.69 Å². The highest BCUT2D eigenvalue weighted by Gasteiger charge is 2.06. The lowest BCUT2D eigenvalue weighted by Crippen LogP contribution is -2.22. The smallest absolute Gasteiger partial charge is 0.262 e. The minimum absolute atomic E-state index is 0.0608. The van der Waals surface area contributed by atoms with Crippen molar-refractivity contribution < 1.29 is 19.4 Å². The van der Waals surface area contributed by atoms with Crippen molar-refractivity contribution in [3.63, 3.8) is 0 Å². The van der Waals surface area contributed by atoms with Crippen molar-refractivity contribution in [3.05, 3.63) is 59.7 Å². The first-order valence-electron chi connectivity index (χ1n) is 7.83. The zero-order chi connectivity index (χ0) is 17.5. The lowest BCUT2D eigenvalue weighted by Gasteiger charge is -2.11. The topological polar surface area (TPSA) is 78.5 Å². The number of aromatic carboxylic acids is 1. The van der Waals surface area contributed by atoms with Gasteiger partial charge in [0, 0.05) is 5.69 Å². The highest BCUT2D eigenvalue weighted by atomic mass is 16.5. The van der Waals surface area contributed by atoms with Gasteiger partial charge >= 0.3 is 0 Å². The molecule has 0 aliphatic rings. The molecule has 0 spiro atoms. The molecule has 5 nitrogen and oxygen atoms in total. The summed E-state index contributed by atoms with van der Waals surface area (Å²) in [6, 6.07) is 13.5. The molecule has 24 heavy (non-hydrogen) atoms. The molecule has 0 aliphatic carbocycles. The van der Waals surface area contributed by atoms with E-state index >= 15 is 0 Å². The molecule has 0 radical (unpaired) electrons. The van der Waals surface area contributed by atoms with Crippen molar-refractivity contribution in [1.82, 2.24) is 0 Å². The average Bonchev–Trinajstić information content (AvgIpc) is 2.60.